The maximum absolute atomic E-state index is 10.6. The van der Waals surface area contributed by atoms with E-state index in [1.807, 2.05) is 31.2 Å². The van der Waals surface area contributed by atoms with Crippen molar-refractivity contribution < 1.29 is 9.53 Å². The van der Waals surface area contributed by atoms with Gasteiger partial charge in [0.05, 0.1) is 0 Å². The fourth-order valence-electron chi connectivity index (χ4n) is 1.39. The van der Waals surface area contributed by atoms with E-state index in [1.165, 1.54) is 0 Å². The molecule has 0 aliphatic heterocycles. The van der Waals surface area contributed by atoms with Crippen LogP contribution in [0.4, 0.5) is 0 Å². The van der Waals surface area contributed by atoms with Crippen LogP contribution in [0.1, 0.15) is 18.9 Å². The maximum atomic E-state index is 10.6. The van der Waals surface area contributed by atoms with Gasteiger partial charge in [-0.25, -0.2) is 0 Å². The van der Waals surface area contributed by atoms with E-state index < -0.39 is 5.91 Å². The molecule has 0 aliphatic carbocycles. The van der Waals surface area contributed by atoms with E-state index >= 15 is 0 Å². The molecule has 0 aliphatic rings. The highest BCUT2D eigenvalue weighted by Crippen LogP contribution is 2.19. The molecule has 1 amide bonds. The summed E-state index contributed by atoms with van der Waals surface area (Å²) in [6.07, 6.45) is 1.65. The highest BCUT2D eigenvalue weighted by molar-refractivity contribution is 5.75. The first-order valence-corrected chi connectivity index (χ1v) is 5.38. The minimum atomic E-state index is -0.477. The topological polar surface area (TPSA) is 78.3 Å². The second-order valence-corrected chi connectivity index (χ2v) is 3.74. The lowest BCUT2D eigenvalue weighted by Crippen LogP contribution is -2.23. The van der Waals surface area contributed by atoms with Crippen LogP contribution in [-0.2, 0) is 11.2 Å². The lowest BCUT2D eigenvalue weighted by molar-refractivity contribution is -0.119. The Morgan fingerprint density at radius 1 is 1.44 bits per heavy atom. The predicted octanol–water partition coefficient (Wildman–Crippen LogP) is 0.830. The minimum Gasteiger partial charge on any atom is -0.484 e. The summed E-state index contributed by atoms with van der Waals surface area (Å²) in [5.74, 6) is 0.208. The predicted molar refractivity (Wildman–Crippen MR) is 63.1 cm³/mol. The van der Waals surface area contributed by atoms with Crippen molar-refractivity contribution in [3.8, 4) is 5.75 Å². The molecule has 1 rings (SSSR count). The average molecular weight is 222 g/mol. The number of carbonyl (C=O) groups excluding carboxylic acids is 1. The van der Waals surface area contributed by atoms with Crippen molar-refractivity contribution in [3.05, 3.63) is 29.8 Å². The monoisotopic (exact) mass is 222 g/mol. The van der Waals surface area contributed by atoms with E-state index in [4.69, 9.17) is 16.2 Å². The van der Waals surface area contributed by atoms with Crippen molar-refractivity contribution in [3.63, 3.8) is 0 Å². The standard InChI is InChI=1S/C12H18N2O2/c1-2-10(13)7-9-5-3-4-6-11(9)16-8-12(14)15/h3-6,10H,2,7-8,13H2,1H3,(H2,14,15). The first-order valence-electron chi connectivity index (χ1n) is 5.38. The maximum Gasteiger partial charge on any atom is 0.255 e. The van der Waals surface area contributed by atoms with Gasteiger partial charge in [-0.15, -0.1) is 0 Å². The Bertz CT molecular complexity index is 353. The van der Waals surface area contributed by atoms with Crippen molar-refractivity contribution in [2.45, 2.75) is 25.8 Å². The fourth-order valence-corrected chi connectivity index (χ4v) is 1.39. The van der Waals surface area contributed by atoms with Crippen molar-refractivity contribution in [2.75, 3.05) is 6.61 Å². The van der Waals surface area contributed by atoms with E-state index in [0.717, 1.165) is 18.4 Å². The summed E-state index contributed by atoms with van der Waals surface area (Å²) < 4.78 is 5.31. The third-order valence-electron chi connectivity index (χ3n) is 2.35. The van der Waals surface area contributed by atoms with Crippen molar-refractivity contribution in [1.29, 1.82) is 0 Å². The summed E-state index contributed by atoms with van der Waals surface area (Å²) >= 11 is 0. The molecule has 0 heterocycles. The largest absolute Gasteiger partial charge is 0.484 e. The number of ether oxygens (including phenoxy) is 1. The van der Waals surface area contributed by atoms with E-state index in [-0.39, 0.29) is 12.6 Å². The molecule has 16 heavy (non-hydrogen) atoms. The zero-order chi connectivity index (χ0) is 12.0. The molecule has 4 heteroatoms. The van der Waals surface area contributed by atoms with E-state index in [0.29, 0.717) is 5.75 Å². The van der Waals surface area contributed by atoms with Gasteiger partial charge in [0.2, 0.25) is 0 Å². The number of rotatable bonds is 6. The molecular weight excluding hydrogens is 204 g/mol. The second kappa shape index (κ2) is 6.12. The number of para-hydroxylation sites is 1. The van der Waals surface area contributed by atoms with Gasteiger partial charge >= 0.3 is 0 Å². The molecule has 0 saturated heterocycles. The Balaban J connectivity index is 2.71. The molecule has 88 valence electrons. The summed E-state index contributed by atoms with van der Waals surface area (Å²) in [5.41, 5.74) is 11.9. The first kappa shape index (κ1) is 12.5. The number of hydrogen-bond acceptors (Lipinski definition) is 3. The Hall–Kier alpha value is -1.55. The average Bonchev–Trinajstić information content (AvgIpc) is 2.27. The minimum absolute atomic E-state index is 0.0988. The molecule has 0 spiro atoms. The molecule has 1 unspecified atom stereocenters. The van der Waals surface area contributed by atoms with Crippen LogP contribution in [0.3, 0.4) is 0 Å². The molecule has 0 aromatic heterocycles. The molecule has 1 atom stereocenters. The zero-order valence-corrected chi connectivity index (χ0v) is 9.48. The number of primary amides is 1. The van der Waals surface area contributed by atoms with Gasteiger partial charge in [0, 0.05) is 6.04 Å². The molecule has 0 fully saturated rings. The van der Waals surface area contributed by atoms with E-state index in [9.17, 15) is 4.79 Å². The Labute approximate surface area is 95.6 Å². The summed E-state index contributed by atoms with van der Waals surface area (Å²) in [7, 11) is 0. The van der Waals surface area contributed by atoms with Gasteiger partial charge < -0.3 is 16.2 Å². The van der Waals surface area contributed by atoms with Gasteiger partial charge in [0.15, 0.2) is 6.61 Å². The quantitative estimate of drug-likeness (QED) is 0.748. The van der Waals surface area contributed by atoms with Crippen LogP contribution in [0.25, 0.3) is 0 Å². The van der Waals surface area contributed by atoms with Crippen LogP contribution >= 0.6 is 0 Å². The van der Waals surface area contributed by atoms with Gasteiger partial charge in [-0.2, -0.15) is 0 Å². The molecule has 1 aromatic rings. The molecule has 4 N–H and O–H groups in total. The van der Waals surface area contributed by atoms with Crippen molar-refractivity contribution >= 4 is 5.91 Å². The highest BCUT2D eigenvalue weighted by atomic mass is 16.5. The van der Waals surface area contributed by atoms with Crippen molar-refractivity contribution in [2.24, 2.45) is 11.5 Å². The van der Waals surface area contributed by atoms with Gasteiger partial charge in [-0.05, 0) is 24.5 Å². The van der Waals surface area contributed by atoms with Crippen LogP contribution in [0.2, 0.25) is 0 Å². The third-order valence-corrected chi connectivity index (χ3v) is 2.35. The Morgan fingerprint density at radius 2 is 2.12 bits per heavy atom. The molecule has 0 radical (unpaired) electrons. The summed E-state index contributed by atoms with van der Waals surface area (Å²) in [4.78, 5) is 10.6. The SMILES string of the molecule is CCC(N)Cc1ccccc1OCC(N)=O. The summed E-state index contributed by atoms with van der Waals surface area (Å²) in [6.45, 7) is 1.94. The van der Waals surface area contributed by atoms with E-state index in [2.05, 4.69) is 0 Å². The number of nitrogens with two attached hydrogens (primary N) is 2. The number of hydrogen-bond donors (Lipinski definition) is 2. The molecule has 1 aromatic carbocycles. The van der Waals surface area contributed by atoms with Gasteiger partial charge in [-0.3, -0.25) is 4.79 Å². The van der Waals surface area contributed by atoms with Gasteiger partial charge in [-0.1, -0.05) is 25.1 Å². The third kappa shape index (κ3) is 3.90. The molecule has 0 bridgehead atoms. The van der Waals surface area contributed by atoms with E-state index in [1.54, 1.807) is 0 Å². The number of amides is 1. The number of benzene rings is 1. The normalized spacial score (nSPS) is 12.1. The van der Waals surface area contributed by atoms with Gasteiger partial charge in [0.1, 0.15) is 5.75 Å². The van der Waals surface area contributed by atoms with Crippen molar-refractivity contribution in [1.82, 2.24) is 0 Å². The van der Waals surface area contributed by atoms with Gasteiger partial charge in [0.25, 0.3) is 5.91 Å². The number of carbonyl (C=O) groups is 1. The Morgan fingerprint density at radius 3 is 2.75 bits per heavy atom. The fraction of sp³-hybridized carbons (Fsp3) is 0.417. The molecular formula is C12H18N2O2. The first-order chi connectivity index (χ1) is 7.63. The summed E-state index contributed by atoms with van der Waals surface area (Å²) in [6, 6.07) is 7.66. The second-order valence-electron chi connectivity index (χ2n) is 3.74. The lowest BCUT2D eigenvalue weighted by atomic mass is 10.0. The van der Waals surface area contributed by atoms with Crippen LogP contribution in [-0.4, -0.2) is 18.6 Å². The smallest absolute Gasteiger partial charge is 0.255 e. The lowest BCUT2D eigenvalue weighted by Gasteiger charge is -2.13. The Kier molecular flexibility index (Phi) is 4.79. The van der Waals surface area contributed by atoms with Crippen LogP contribution in [0, 0.1) is 0 Å². The highest BCUT2D eigenvalue weighted by Gasteiger charge is 2.07. The zero-order valence-electron chi connectivity index (χ0n) is 9.48. The van der Waals surface area contributed by atoms with Crippen LogP contribution in [0.5, 0.6) is 5.75 Å². The molecule has 0 saturated carbocycles. The summed E-state index contributed by atoms with van der Waals surface area (Å²) in [5, 5.41) is 0. The van der Waals surface area contributed by atoms with Crippen LogP contribution in [0.15, 0.2) is 24.3 Å². The van der Waals surface area contributed by atoms with Crippen LogP contribution < -0.4 is 16.2 Å². The molecule has 4 nitrogen and oxygen atoms in total.